The lowest BCUT2D eigenvalue weighted by Crippen LogP contribution is -2.12. The SMILES string of the molecule is Fc1cc(Oc2ccc3nnc(C(F)(F)F)n3n2)c(-c2ccccc2)cc1F. The third-order valence-electron chi connectivity index (χ3n) is 3.81. The summed E-state index contributed by atoms with van der Waals surface area (Å²) in [5.41, 5.74) is 0.590. The first-order valence-electron chi connectivity index (χ1n) is 7.85. The molecule has 28 heavy (non-hydrogen) atoms. The van der Waals surface area contributed by atoms with Gasteiger partial charge in [0.15, 0.2) is 17.3 Å². The van der Waals surface area contributed by atoms with Gasteiger partial charge in [0.25, 0.3) is 5.82 Å². The van der Waals surface area contributed by atoms with Crippen LogP contribution in [0.2, 0.25) is 0 Å². The summed E-state index contributed by atoms with van der Waals surface area (Å²) in [6, 6.07) is 12.6. The molecule has 0 fully saturated rings. The van der Waals surface area contributed by atoms with Gasteiger partial charge < -0.3 is 4.74 Å². The Bertz CT molecular complexity index is 1160. The number of rotatable bonds is 3. The van der Waals surface area contributed by atoms with Crippen LogP contribution in [0.15, 0.2) is 54.6 Å². The van der Waals surface area contributed by atoms with Crippen molar-refractivity contribution in [2.24, 2.45) is 0 Å². The zero-order valence-corrected chi connectivity index (χ0v) is 13.8. The summed E-state index contributed by atoms with van der Waals surface area (Å²) < 4.78 is 72.4. The minimum atomic E-state index is -4.78. The van der Waals surface area contributed by atoms with Crippen LogP contribution in [0.5, 0.6) is 11.6 Å². The number of alkyl halides is 3. The molecule has 0 unspecified atom stereocenters. The summed E-state index contributed by atoms with van der Waals surface area (Å²) in [5, 5.41) is 10.2. The fourth-order valence-corrected chi connectivity index (χ4v) is 2.57. The number of hydrogen-bond acceptors (Lipinski definition) is 4. The van der Waals surface area contributed by atoms with Crippen LogP contribution >= 0.6 is 0 Å². The maximum Gasteiger partial charge on any atom is 0.453 e. The lowest BCUT2D eigenvalue weighted by atomic mass is 10.0. The van der Waals surface area contributed by atoms with E-state index < -0.39 is 23.6 Å². The summed E-state index contributed by atoms with van der Waals surface area (Å²) in [5.74, 6) is -3.98. The molecule has 0 saturated heterocycles. The van der Waals surface area contributed by atoms with Gasteiger partial charge in [-0.25, -0.2) is 8.78 Å². The minimum Gasteiger partial charge on any atom is -0.437 e. The summed E-state index contributed by atoms with van der Waals surface area (Å²) >= 11 is 0. The van der Waals surface area contributed by atoms with E-state index in [1.165, 1.54) is 12.1 Å². The van der Waals surface area contributed by atoms with Gasteiger partial charge in [-0.15, -0.1) is 15.3 Å². The van der Waals surface area contributed by atoms with Gasteiger partial charge in [0.05, 0.1) is 0 Å². The van der Waals surface area contributed by atoms with Crippen molar-refractivity contribution in [2.75, 3.05) is 0 Å². The van der Waals surface area contributed by atoms with Crippen LogP contribution < -0.4 is 4.74 Å². The average molecular weight is 392 g/mol. The van der Waals surface area contributed by atoms with Gasteiger partial charge in [-0.05, 0) is 17.7 Å². The fourth-order valence-electron chi connectivity index (χ4n) is 2.57. The zero-order valence-electron chi connectivity index (χ0n) is 13.8. The topological polar surface area (TPSA) is 52.3 Å². The highest BCUT2D eigenvalue weighted by atomic mass is 19.4. The molecule has 10 heteroatoms. The molecule has 2 heterocycles. The number of fused-ring (bicyclic) bond motifs is 1. The Balaban J connectivity index is 1.80. The van der Waals surface area contributed by atoms with Crippen molar-refractivity contribution in [3.05, 3.63) is 72.1 Å². The van der Waals surface area contributed by atoms with Gasteiger partial charge >= 0.3 is 6.18 Å². The summed E-state index contributed by atoms with van der Waals surface area (Å²) in [4.78, 5) is 0. The minimum absolute atomic E-state index is 0.112. The molecule has 0 radical (unpaired) electrons. The maximum absolute atomic E-state index is 13.8. The molecule has 5 nitrogen and oxygen atoms in total. The van der Waals surface area contributed by atoms with Crippen molar-refractivity contribution >= 4 is 5.65 Å². The first-order valence-corrected chi connectivity index (χ1v) is 7.85. The predicted molar refractivity (Wildman–Crippen MR) is 87.7 cm³/mol. The standard InChI is InChI=1S/C18H9F5N4O/c19-12-8-11(10-4-2-1-3-5-10)14(9-13(12)20)28-16-7-6-15-24-25-17(18(21,22)23)27(15)26-16/h1-9H. The van der Waals surface area contributed by atoms with Crippen LogP contribution in [0.4, 0.5) is 22.0 Å². The summed E-state index contributed by atoms with van der Waals surface area (Å²) in [6.45, 7) is 0. The average Bonchev–Trinajstić information content (AvgIpc) is 3.09. The normalized spacial score (nSPS) is 11.8. The van der Waals surface area contributed by atoms with Crippen LogP contribution in [0, 0.1) is 11.6 Å². The molecule has 0 aliphatic carbocycles. The lowest BCUT2D eigenvalue weighted by Gasteiger charge is -2.12. The second-order valence-corrected chi connectivity index (χ2v) is 5.69. The van der Waals surface area contributed by atoms with E-state index >= 15 is 0 Å². The van der Waals surface area contributed by atoms with Crippen molar-refractivity contribution in [2.45, 2.75) is 6.18 Å². The third-order valence-corrected chi connectivity index (χ3v) is 3.81. The van der Waals surface area contributed by atoms with Gasteiger partial charge in [0, 0.05) is 17.7 Å². The van der Waals surface area contributed by atoms with E-state index in [-0.39, 0.29) is 22.8 Å². The molecule has 142 valence electrons. The quantitative estimate of drug-likeness (QED) is 0.467. The highest BCUT2D eigenvalue weighted by Gasteiger charge is 2.37. The molecule has 2 aromatic carbocycles. The van der Waals surface area contributed by atoms with Gasteiger partial charge in [0.2, 0.25) is 5.88 Å². The van der Waals surface area contributed by atoms with Crippen LogP contribution in [-0.2, 0) is 6.18 Å². The zero-order chi connectivity index (χ0) is 19.9. The van der Waals surface area contributed by atoms with Crippen molar-refractivity contribution in [1.29, 1.82) is 0 Å². The Morgan fingerprint density at radius 3 is 2.29 bits per heavy atom. The smallest absolute Gasteiger partial charge is 0.437 e. The largest absolute Gasteiger partial charge is 0.453 e. The second kappa shape index (κ2) is 6.55. The van der Waals surface area contributed by atoms with E-state index in [1.54, 1.807) is 30.3 Å². The van der Waals surface area contributed by atoms with E-state index in [9.17, 15) is 22.0 Å². The van der Waals surface area contributed by atoms with E-state index in [4.69, 9.17) is 4.74 Å². The first-order chi connectivity index (χ1) is 13.3. The molecule has 0 atom stereocenters. The summed E-state index contributed by atoms with van der Waals surface area (Å²) in [7, 11) is 0. The molecule has 0 N–H and O–H groups in total. The molecule has 0 spiro atoms. The Labute approximate surface area is 154 Å². The van der Waals surface area contributed by atoms with Crippen LogP contribution in [-0.4, -0.2) is 19.8 Å². The Morgan fingerprint density at radius 1 is 0.857 bits per heavy atom. The first kappa shape index (κ1) is 17.8. The highest BCUT2D eigenvalue weighted by Crippen LogP contribution is 2.35. The van der Waals surface area contributed by atoms with Gasteiger partial charge in [0.1, 0.15) is 5.75 Å². The number of nitrogens with zero attached hydrogens (tertiary/aromatic N) is 4. The molecule has 4 aromatic rings. The Kier molecular flexibility index (Phi) is 4.17. The molecule has 0 aliphatic heterocycles. The predicted octanol–water partition coefficient (Wildman–Crippen LogP) is 4.88. The fraction of sp³-hybridized carbons (Fsp3) is 0.0556. The number of halogens is 5. The lowest BCUT2D eigenvalue weighted by molar-refractivity contribution is -0.146. The van der Waals surface area contributed by atoms with E-state index in [0.717, 1.165) is 12.1 Å². The molecular formula is C18H9F5N4O. The number of hydrogen-bond donors (Lipinski definition) is 0. The van der Waals surface area contributed by atoms with Crippen molar-refractivity contribution in [3.8, 4) is 22.8 Å². The van der Waals surface area contributed by atoms with Crippen molar-refractivity contribution < 1.29 is 26.7 Å². The molecule has 2 aromatic heterocycles. The molecule has 0 aliphatic rings. The van der Waals surface area contributed by atoms with Gasteiger partial charge in [-0.1, -0.05) is 30.3 Å². The Hall–Kier alpha value is -3.56. The molecule has 4 rings (SSSR count). The van der Waals surface area contributed by atoms with Gasteiger partial charge in [-0.2, -0.15) is 17.7 Å². The van der Waals surface area contributed by atoms with Crippen molar-refractivity contribution in [1.82, 2.24) is 19.8 Å². The summed E-state index contributed by atoms with van der Waals surface area (Å²) in [6.07, 6.45) is -4.78. The molecule has 0 amide bonds. The van der Waals surface area contributed by atoms with Gasteiger partial charge in [-0.3, -0.25) is 0 Å². The number of aromatic nitrogens is 4. The third kappa shape index (κ3) is 3.24. The number of benzene rings is 2. The number of ether oxygens (including phenoxy) is 1. The second-order valence-electron chi connectivity index (χ2n) is 5.69. The molecular weight excluding hydrogens is 383 g/mol. The Morgan fingerprint density at radius 2 is 1.57 bits per heavy atom. The van der Waals surface area contributed by atoms with Crippen LogP contribution in [0.3, 0.4) is 0 Å². The van der Waals surface area contributed by atoms with Crippen molar-refractivity contribution in [3.63, 3.8) is 0 Å². The maximum atomic E-state index is 13.8. The van der Waals surface area contributed by atoms with Crippen LogP contribution in [0.1, 0.15) is 5.82 Å². The molecule has 0 saturated carbocycles. The van der Waals surface area contributed by atoms with E-state index in [2.05, 4.69) is 15.3 Å². The monoisotopic (exact) mass is 392 g/mol. The van der Waals surface area contributed by atoms with E-state index in [0.29, 0.717) is 10.1 Å². The van der Waals surface area contributed by atoms with E-state index in [1.807, 2.05) is 0 Å². The highest BCUT2D eigenvalue weighted by molar-refractivity contribution is 5.71. The van der Waals surface area contributed by atoms with Crippen LogP contribution in [0.25, 0.3) is 16.8 Å². The molecule has 0 bridgehead atoms.